The average Bonchev–Trinajstić information content (AvgIpc) is 2.91. The summed E-state index contributed by atoms with van der Waals surface area (Å²) in [5, 5.41) is 0. The van der Waals surface area contributed by atoms with Gasteiger partial charge < -0.3 is 9.15 Å². The second kappa shape index (κ2) is 5.67. The van der Waals surface area contributed by atoms with Gasteiger partial charge in [0.15, 0.2) is 5.78 Å². The second-order valence-corrected chi connectivity index (χ2v) is 4.96. The Bertz CT molecular complexity index is 382. The molecule has 0 radical (unpaired) electrons. The maximum atomic E-state index is 12.5. The Kier molecular flexibility index (Phi) is 4.19. The molecule has 1 atom stereocenters. The Morgan fingerprint density at radius 1 is 1.44 bits per heavy atom. The normalized spacial score (nSPS) is 20.6. The molecule has 1 aromatic rings. The summed E-state index contributed by atoms with van der Waals surface area (Å²) in [6.45, 7) is 7.22. The first-order chi connectivity index (χ1) is 8.66. The number of carbonyl (C=O) groups is 1. The Labute approximate surface area is 108 Å². The molecule has 0 aliphatic carbocycles. The van der Waals surface area contributed by atoms with E-state index in [1.807, 2.05) is 13.0 Å². The number of ether oxygens (including phenoxy) is 1. The van der Waals surface area contributed by atoms with Crippen molar-refractivity contribution in [1.82, 2.24) is 4.90 Å². The fourth-order valence-corrected chi connectivity index (χ4v) is 2.42. The smallest absolute Gasteiger partial charge is 0.157 e. The van der Waals surface area contributed by atoms with Crippen molar-refractivity contribution in [1.29, 1.82) is 0 Å². The Morgan fingerprint density at radius 3 is 2.72 bits per heavy atom. The lowest BCUT2D eigenvalue weighted by atomic mass is 9.87. The minimum Gasteiger partial charge on any atom is -0.472 e. The summed E-state index contributed by atoms with van der Waals surface area (Å²) in [6.07, 6.45) is 4.52. The van der Waals surface area contributed by atoms with Gasteiger partial charge >= 0.3 is 0 Å². The predicted molar refractivity (Wildman–Crippen MR) is 68.5 cm³/mol. The van der Waals surface area contributed by atoms with Gasteiger partial charge in [0.25, 0.3) is 0 Å². The summed E-state index contributed by atoms with van der Waals surface area (Å²) in [7, 11) is 0. The maximum absolute atomic E-state index is 12.5. The number of morpholine rings is 1. The van der Waals surface area contributed by atoms with E-state index in [1.54, 1.807) is 12.5 Å². The first-order valence-corrected chi connectivity index (χ1v) is 6.54. The molecular formula is C14H21NO3. The van der Waals surface area contributed by atoms with Crippen LogP contribution < -0.4 is 0 Å². The Balaban J connectivity index is 2.07. The van der Waals surface area contributed by atoms with E-state index in [0.29, 0.717) is 19.6 Å². The number of hydrogen-bond acceptors (Lipinski definition) is 4. The molecule has 0 bridgehead atoms. The van der Waals surface area contributed by atoms with Gasteiger partial charge in [-0.25, -0.2) is 0 Å². The van der Waals surface area contributed by atoms with Crippen molar-refractivity contribution in [3.8, 4) is 0 Å². The highest BCUT2D eigenvalue weighted by atomic mass is 16.5. The highest BCUT2D eigenvalue weighted by molar-refractivity contribution is 5.89. The zero-order chi connectivity index (χ0) is 13.0. The van der Waals surface area contributed by atoms with Crippen LogP contribution in [0.4, 0.5) is 0 Å². The lowest BCUT2D eigenvalue weighted by Crippen LogP contribution is -2.56. The molecule has 1 fully saturated rings. The van der Waals surface area contributed by atoms with E-state index >= 15 is 0 Å². The van der Waals surface area contributed by atoms with Crippen LogP contribution in [0.5, 0.6) is 0 Å². The molecule has 0 N–H and O–H groups in total. The molecule has 1 aliphatic heterocycles. The van der Waals surface area contributed by atoms with E-state index in [4.69, 9.17) is 9.15 Å². The molecule has 4 heteroatoms. The van der Waals surface area contributed by atoms with Crippen molar-refractivity contribution in [2.24, 2.45) is 0 Å². The number of ketones is 1. The third-order valence-electron chi connectivity index (χ3n) is 3.94. The van der Waals surface area contributed by atoms with Crippen molar-refractivity contribution in [2.75, 3.05) is 26.3 Å². The van der Waals surface area contributed by atoms with Gasteiger partial charge in [-0.15, -0.1) is 0 Å². The number of rotatable bonds is 5. The van der Waals surface area contributed by atoms with Gasteiger partial charge in [-0.1, -0.05) is 6.92 Å². The standard InChI is InChI=1S/C14H21NO3/c1-3-14(2,15-5-8-17-9-6-15)13(16)10-12-4-7-18-11-12/h4,7,11H,3,5-6,8-10H2,1-2H3. The largest absolute Gasteiger partial charge is 0.472 e. The van der Waals surface area contributed by atoms with Crippen LogP contribution in [0, 0.1) is 0 Å². The monoisotopic (exact) mass is 251 g/mol. The third kappa shape index (κ3) is 2.65. The summed E-state index contributed by atoms with van der Waals surface area (Å²) >= 11 is 0. The zero-order valence-electron chi connectivity index (χ0n) is 11.1. The summed E-state index contributed by atoms with van der Waals surface area (Å²) in [4.78, 5) is 14.8. The molecule has 0 amide bonds. The van der Waals surface area contributed by atoms with Gasteiger partial charge in [-0.3, -0.25) is 9.69 Å². The molecule has 18 heavy (non-hydrogen) atoms. The fourth-order valence-electron chi connectivity index (χ4n) is 2.42. The molecule has 2 heterocycles. The third-order valence-corrected chi connectivity index (χ3v) is 3.94. The van der Waals surface area contributed by atoms with Crippen molar-refractivity contribution < 1.29 is 13.9 Å². The molecule has 0 spiro atoms. The minimum atomic E-state index is -0.388. The van der Waals surface area contributed by atoms with Crippen LogP contribution in [0.15, 0.2) is 23.0 Å². The number of carbonyl (C=O) groups excluding carboxylic acids is 1. The van der Waals surface area contributed by atoms with Gasteiger partial charge in [-0.2, -0.15) is 0 Å². The van der Waals surface area contributed by atoms with E-state index in [1.165, 1.54) is 0 Å². The number of furan rings is 1. The van der Waals surface area contributed by atoms with Gasteiger partial charge in [-0.05, 0) is 25.0 Å². The van der Waals surface area contributed by atoms with Crippen LogP contribution >= 0.6 is 0 Å². The highest BCUT2D eigenvalue weighted by Gasteiger charge is 2.37. The molecule has 100 valence electrons. The van der Waals surface area contributed by atoms with Crippen LogP contribution in [-0.2, 0) is 16.0 Å². The van der Waals surface area contributed by atoms with Crippen molar-refractivity contribution in [2.45, 2.75) is 32.2 Å². The molecule has 0 saturated carbocycles. The molecule has 4 nitrogen and oxygen atoms in total. The molecule has 0 aromatic carbocycles. The number of Topliss-reactive ketones (excluding diaryl/α,β-unsaturated/α-hetero) is 1. The van der Waals surface area contributed by atoms with Crippen molar-refractivity contribution >= 4 is 5.78 Å². The predicted octanol–water partition coefficient (Wildman–Crippen LogP) is 1.89. The molecular weight excluding hydrogens is 230 g/mol. The molecule has 1 aliphatic rings. The minimum absolute atomic E-state index is 0.258. The van der Waals surface area contributed by atoms with E-state index in [0.717, 1.165) is 25.1 Å². The van der Waals surface area contributed by atoms with E-state index in [2.05, 4.69) is 11.8 Å². The van der Waals surface area contributed by atoms with Gasteiger partial charge in [0.05, 0.1) is 31.3 Å². The second-order valence-electron chi connectivity index (χ2n) is 4.96. The van der Waals surface area contributed by atoms with Crippen molar-refractivity contribution in [3.63, 3.8) is 0 Å². The Morgan fingerprint density at radius 2 is 2.17 bits per heavy atom. The van der Waals surface area contributed by atoms with Gasteiger partial charge in [0.1, 0.15) is 0 Å². The zero-order valence-corrected chi connectivity index (χ0v) is 11.1. The van der Waals surface area contributed by atoms with Crippen molar-refractivity contribution in [3.05, 3.63) is 24.2 Å². The summed E-state index contributed by atoms with van der Waals surface area (Å²) in [6, 6.07) is 1.85. The summed E-state index contributed by atoms with van der Waals surface area (Å²) in [5.41, 5.74) is 0.564. The average molecular weight is 251 g/mol. The Hall–Kier alpha value is -1.13. The first-order valence-electron chi connectivity index (χ1n) is 6.54. The van der Waals surface area contributed by atoms with Gasteiger partial charge in [0.2, 0.25) is 0 Å². The first kappa shape index (κ1) is 13.3. The number of nitrogens with zero attached hydrogens (tertiary/aromatic N) is 1. The molecule has 1 aromatic heterocycles. The quantitative estimate of drug-likeness (QED) is 0.801. The van der Waals surface area contributed by atoms with Crippen LogP contribution in [0.25, 0.3) is 0 Å². The highest BCUT2D eigenvalue weighted by Crippen LogP contribution is 2.23. The summed E-state index contributed by atoms with van der Waals surface area (Å²) < 4.78 is 10.4. The van der Waals surface area contributed by atoms with Gasteiger partial charge in [0, 0.05) is 19.5 Å². The maximum Gasteiger partial charge on any atom is 0.157 e. The molecule has 1 unspecified atom stereocenters. The van der Waals surface area contributed by atoms with Crippen LogP contribution in [-0.4, -0.2) is 42.5 Å². The van der Waals surface area contributed by atoms with Crippen LogP contribution in [0.2, 0.25) is 0 Å². The fraction of sp³-hybridized carbons (Fsp3) is 0.643. The van der Waals surface area contributed by atoms with E-state index < -0.39 is 0 Å². The van der Waals surface area contributed by atoms with Crippen LogP contribution in [0.1, 0.15) is 25.8 Å². The summed E-state index contributed by atoms with van der Waals surface area (Å²) in [5.74, 6) is 0.258. The SMILES string of the molecule is CCC(C)(C(=O)Cc1ccoc1)N1CCOCC1. The lowest BCUT2D eigenvalue weighted by molar-refractivity contribution is -0.133. The lowest BCUT2D eigenvalue weighted by Gasteiger charge is -2.41. The van der Waals surface area contributed by atoms with Crippen LogP contribution in [0.3, 0.4) is 0 Å². The molecule has 2 rings (SSSR count). The number of hydrogen-bond donors (Lipinski definition) is 0. The van der Waals surface area contributed by atoms with E-state index in [-0.39, 0.29) is 11.3 Å². The topological polar surface area (TPSA) is 42.7 Å². The van der Waals surface area contributed by atoms with E-state index in [9.17, 15) is 4.79 Å². The molecule has 1 saturated heterocycles.